The van der Waals surface area contributed by atoms with Crippen molar-refractivity contribution in [2.45, 2.75) is 37.2 Å². The molecule has 0 aliphatic heterocycles. The van der Waals surface area contributed by atoms with Gasteiger partial charge in [-0.15, -0.1) is 4.83 Å². The predicted octanol–water partition coefficient (Wildman–Crippen LogP) is 1.76. The van der Waals surface area contributed by atoms with Gasteiger partial charge in [0, 0.05) is 31.2 Å². The Morgan fingerprint density at radius 1 is 1.35 bits per heavy atom. The molecule has 0 unspecified atom stereocenters. The number of rotatable bonds is 6. The molecule has 0 radical (unpaired) electrons. The Bertz CT molecular complexity index is 598. The first kappa shape index (κ1) is 15.9. The second-order valence-electron chi connectivity index (χ2n) is 5.37. The molecule has 5 nitrogen and oxygen atoms in total. The Hall–Kier alpha value is -0.470. The van der Waals surface area contributed by atoms with Crippen molar-refractivity contribution in [3.05, 3.63) is 27.7 Å². The molecule has 1 saturated carbocycles. The summed E-state index contributed by atoms with van der Waals surface area (Å²) < 4.78 is 25.2. The van der Waals surface area contributed by atoms with Crippen LogP contribution in [0.15, 0.2) is 21.5 Å². The van der Waals surface area contributed by atoms with Crippen molar-refractivity contribution in [2.24, 2.45) is 0 Å². The monoisotopic (exact) mass is 361 g/mol. The molecule has 1 aliphatic carbocycles. The summed E-state index contributed by atoms with van der Waals surface area (Å²) in [6.07, 6.45) is 2.42. The summed E-state index contributed by atoms with van der Waals surface area (Å²) in [6, 6.07) is 4.32. The maximum atomic E-state index is 12.3. The molecule has 20 heavy (non-hydrogen) atoms. The number of nitrogens with one attached hydrogen (secondary N) is 2. The number of hydrogen-bond donors (Lipinski definition) is 2. The molecule has 1 aromatic rings. The van der Waals surface area contributed by atoms with E-state index in [0.717, 1.165) is 11.1 Å². The molecule has 0 amide bonds. The van der Waals surface area contributed by atoms with E-state index in [1.807, 2.05) is 13.0 Å². The second-order valence-corrected chi connectivity index (χ2v) is 7.79. The molecule has 1 aromatic carbocycles. The van der Waals surface area contributed by atoms with Gasteiger partial charge in [0.2, 0.25) is 0 Å². The first-order valence-corrected chi connectivity index (χ1v) is 8.79. The fourth-order valence-corrected chi connectivity index (χ4v) is 4.10. The first-order valence-electron chi connectivity index (χ1n) is 6.52. The van der Waals surface area contributed by atoms with Gasteiger partial charge in [0.25, 0.3) is 10.0 Å². The maximum Gasteiger partial charge on any atom is 0.254 e. The minimum atomic E-state index is -3.56. The topological polar surface area (TPSA) is 61.4 Å². The van der Waals surface area contributed by atoms with Crippen LogP contribution in [-0.4, -0.2) is 33.6 Å². The van der Waals surface area contributed by atoms with Crippen molar-refractivity contribution in [1.82, 2.24) is 15.2 Å². The standard InChI is InChI=1S/C13H20BrN3O2S/c1-9-6-10(8-15-11-4-5-11)7-12(13(9)14)20(18,19)16-17(2)3/h6-7,11,15-16H,4-5,8H2,1-3H3. The lowest BCUT2D eigenvalue weighted by atomic mass is 10.1. The summed E-state index contributed by atoms with van der Waals surface area (Å²) in [5.41, 5.74) is 1.90. The highest BCUT2D eigenvalue weighted by atomic mass is 79.9. The van der Waals surface area contributed by atoms with Gasteiger partial charge in [-0.05, 0) is 52.9 Å². The molecule has 112 valence electrons. The molecule has 2 rings (SSSR count). The molecular formula is C13H20BrN3O2S. The third-order valence-corrected chi connectivity index (χ3v) is 5.87. The minimum Gasteiger partial charge on any atom is -0.310 e. The lowest BCUT2D eigenvalue weighted by molar-refractivity contribution is 0.364. The van der Waals surface area contributed by atoms with E-state index >= 15 is 0 Å². The highest BCUT2D eigenvalue weighted by molar-refractivity contribution is 9.10. The molecule has 2 N–H and O–H groups in total. The van der Waals surface area contributed by atoms with Crippen LogP contribution in [0.4, 0.5) is 0 Å². The van der Waals surface area contributed by atoms with Crippen molar-refractivity contribution in [1.29, 1.82) is 0 Å². The average molecular weight is 362 g/mol. The summed E-state index contributed by atoms with van der Waals surface area (Å²) >= 11 is 3.37. The number of halogens is 1. The number of hydrazine groups is 1. The zero-order valence-electron chi connectivity index (χ0n) is 11.9. The molecule has 0 aromatic heterocycles. The van der Waals surface area contributed by atoms with E-state index in [-0.39, 0.29) is 4.90 Å². The van der Waals surface area contributed by atoms with Gasteiger partial charge < -0.3 is 5.32 Å². The lowest BCUT2D eigenvalue weighted by Crippen LogP contribution is -2.36. The van der Waals surface area contributed by atoms with Crippen LogP contribution in [0, 0.1) is 6.92 Å². The number of nitrogens with zero attached hydrogens (tertiary/aromatic N) is 1. The summed E-state index contributed by atoms with van der Waals surface area (Å²) in [4.78, 5) is 2.74. The summed E-state index contributed by atoms with van der Waals surface area (Å²) in [5.74, 6) is 0. The fraction of sp³-hybridized carbons (Fsp3) is 0.538. The van der Waals surface area contributed by atoms with E-state index in [1.165, 1.54) is 17.9 Å². The van der Waals surface area contributed by atoms with Crippen LogP contribution >= 0.6 is 15.9 Å². The highest BCUT2D eigenvalue weighted by Crippen LogP contribution is 2.28. The smallest absolute Gasteiger partial charge is 0.254 e. The van der Waals surface area contributed by atoms with Crippen molar-refractivity contribution in [2.75, 3.05) is 14.1 Å². The minimum absolute atomic E-state index is 0.277. The van der Waals surface area contributed by atoms with E-state index in [4.69, 9.17) is 0 Å². The van der Waals surface area contributed by atoms with Crippen molar-refractivity contribution in [3.8, 4) is 0 Å². The maximum absolute atomic E-state index is 12.3. The van der Waals surface area contributed by atoms with Crippen LogP contribution < -0.4 is 10.1 Å². The van der Waals surface area contributed by atoms with Gasteiger partial charge in [-0.25, -0.2) is 13.4 Å². The third kappa shape index (κ3) is 4.02. The largest absolute Gasteiger partial charge is 0.310 e. The highest BCUT2D eigenvalue weighted by Gasteiger charge is 2.23. The van der Waals surface area contributed by atoms with Crippen LogP contribution in [-0.2, 0) is 16.6 Å². The van der Waals surface area contributed by atoms with E-state index in [9.17, 15) is 8.42 Å². The van der Waals surface area contributed by atoms with Crippen molar-refractivity contribution in [3.63, 3.8) is 0 Å². The van der Waals surface area contributed by atoms with Crippen LogP contribution in [0.5, 0.6) is 0 Å². The van der Waals surface area contributed by atoms with Gasteiger partial charge in [-0.2, -0.15) is 0 Å². The Morgan fingerprint density at radius 3 is 2.55 bits per heavy atom. The summed E-state index contributed by atoms with van der Waals surface area (Å²) in [5, 5.41) is 4.82. The molecule has 0 saturated heterocycles. The average Bonchev–Trinajstić information content (AvgIpc) is 3.12. The third-order valence-electron chi connectivity index (χ3n) is 3.05. The Balaban J connectivity index is 2.30. The molecule has 1 fully saturated rings. The van der Waals surface area contributed by atoms with Gasteiger partial charge >= 0.3 is 0 Å². The van der Waals surface area contributed by atoms with Gasteiger partial charge in [-0.3, -0.25) is 0 Å². The van der Waals surface area contributed by atoms with E-state index in [2.05, 4.69) is 26.1 Å². The molecule has 0 heterocycles. The van der Waals surface area contributed by atoms with Crippen LogP contribution in [0.1, 0.15) is 24.0 Å². The zero-order chi connectivity index (χ0) is 14.9. The molecule has 1 aliphatic rings. The zero-order valence-corrected chi connectivity index (χ0v) is 14.3. The number of hydrogen-bond acceptors (Lipinski definition) is 4. The summed E-state index contributed by atoms with van der Waals surface area (Å²) in [6.45, 7) is 2.60. The predicted molar refractivity (Wildman–Crippen MR) is 82.7 cm³/mol. The van der Waals surface area contributed by atoms with E-state index < -0.39 is 10.0 Å². The van der Waals surface area contributed by atoms with E-state index in [1.54, 1.807) is 20.2 Å². The Kier molecular flexibility index (Phi) is 4.86. The molecule has 0 spiro atoms. The van der Waals surface area contributed by atoms with Gasteiger partial charge in [0.05, 0.1) is 4.90 Å². The molecular weight excluding hydrogens is 342 g/mol. The Morgan fingerprint density at radius 2 is 2.00 bits per heavy atom. The second kappa shape index (κ2) is 6.11. The molecule has 0 atom stereocenters. The molecule has 0 bridgehead atoms. The molecule has 7 heteroatoms. The normalized spacial score (nSPS) is 15.8. The van der Waals surface area contributed by atoms with Crippen molar-refractivity contribution < 1.29 is 8.42 Å². The van der Waals surface area contributed by atoms with Gasteiger partial charge in [-0.1, -0.05) is 6.07 Å². The number of aryl methyl sites for hydroxylation is 1. The van der Waals surface area contributed by atoms with Crippen LogP contribution in [0.25, 0.3) is 0 Å². The van der Waals surface area contributed by atoms with Crippen molar-refractivity contribution >= 4 is 26.0 Å². The quantitative estimate of drug-likeness (QED) is 0.758. The Labute approximate surface area is 128 Å². The van der Waals surface area contributed by atoms with Crippen LogP contribution in [0.2, 0.25) is 0 Å². The van der Waals surface area contributed by atoms with E-state index in [0.29, 0.717) is 17.1 Å². The van der Waals surface area contributed by atoms with Crippen LogP contribution in [0.3, 0.4) is 0 Å². The summed E-state index contributed by atoms with van der Waals surface area (Å²) in [7, 11) is -0.258. The number of sulfonamides is 1. The lowest BCUT2D eigenvalue weighted by Gasteiger charge is -2.16. The fourth-order valence-electron chi connectivity index (χ4n) is 1.95. The SMILES string of the molecule is Cc1cc(CNC2CC2)cc(S(=O)(=O)NN(C)C)c1Br. The number of benzene rings is 1. The van der Waals surface area contributed by atoms with Gasteiger partial charge in [0.1, 0.15) is 0 Å². The van der Waals surface area contributed by atoms with Gasteiger partial charge in [0.15, 0.2) is 0 Å². The first-order chi connectivity index (χ1) is 9.29.